The van der Waals surface area contributed by atoms with E-state index in [-0.39, 0.29) is 5.78 Å². The lowest BCUT2D eigenvalue weighted by Gasteiger charge is -2.05. The molecule has 0 atom stereocenters. The van der Waals surface area contributed by atoms with Gasteiger partial charge in [0.05, 0.1) is 5.56 Å². The Bertz CT molecular complexity index is 596. The number of halogens is 1. The van der Waals surface area contributed by atoms with Crippen LogP contribution < -0.4 is 0 Å². The molecule has 0 radical (unpaired) electrons. The number of nitrogens with zero attached hydrogens (tertiary/aromatic N) is 1. The maximum Gasteiger partial charge on any atom is 0.163 e. The third kappa shape index (κ3) is 1.87. The van der Waals surface area contributed by atoms with Crippen molar-refractivity contribution in [3.05, 3.63) is 34.5 Å². The Balaban J connectivity index is 2.83. The van der Waals surface area contributed by atoms with Gasteiger partial charge in [0.2, 0.25) is 0 Å². The van der Waals surface area contributed by atoms with Gasteiger partial charge in [-0.25, -0.2) is 0 Å². The summed E-state index contributed by atoms with van der Waals surface area (Å²) in [5.74, 6) is 0.458. The number of hydrogen-bond donors (Lipinski definition) is 0. The van der Waals surface area contributed by atoms with Gasteiger partial charge in [-0.1, -0.05) is 31.5 Å². The molecule has 1 heterocycles. The van der Waals surface area contributed by atoms with Gasteiger partial charge >= 0.3 is 0 Å². The predicted octanol–water partition coefficient (Wildman–Crippen LogP) is 4.16. The fourth-order valence-corrected chi connectivity index (χ4v) is 2.45. The summed E-state index contributed by atoms with van der Waals surface area (Å²) in [5, 5.41) is 1.48. The molecule has 0 saturated heterocycles. The van der Waals surface area contributed by atoms with E-state index in [1.165, 1.54) is 5.56 Å². The second-order valence-electron chi connectivity index (χ2n) is 4.71. The monoisotopic (exact) mass is 249 g/mol. The van der Waals surface area contributed by atoms with E-state index < -0.39 is 0 Å². The van der Waals surface area contributed by atoms with Crippen molar-refractivity contribution < 1.29 is 4.79 Å². The third-order valence-corrected chi connectivity index (χ3v) is 3.61. The molecule has 0 aliphatic rings. The summed E-state index contributed by atoms with van der Waals surface area (Å²) in [5.41, 5.74) is 2.86. The smallest absolute Gasteiger partial charge is 0.163 e. The largest absolute Gasteiger partial charge is 0.334 e. The van der Waals surface area contributed by atoms with Crippen LogP contribution in [-0.4, -0.2) is 10.4 Å². The molecule has 0 spiro atoms. The molecule has 17 heavy (non-hydrogen) atoms. The Morgan fingerprint density at radius 1 is 1.35 bits per heavy atom. The first-order valence-corrected chi connectivity index (χ1v) is 6.10. The Hall–Kier alpha value is -1.28. The molecule has 90 valence electrons. The Morgan fingerprint density at radius 2 is 2.00 bits per heavy atom. The Labute approximate surface area is 106 Å². The van der Waals surface area contributed by atoms with Crippen LogP contribution in [-0.2, 0) is 7.05 Å². The molecule has 1 aromatic carbocycles. The van der Waals surface area contributed by atoms with Crippen molar-refractivity contribution in [3.63, 3.8) is 0 Å². The number of fused-ring (bicyclic) bond motifs is 1. The van der Waals surface area contributed by atoms with Gasteiger partial charge in [0, 0.05) is 18.0 Å². The van der Waals surface area contributed by atoms with Crippen LogP contribution in [0.2, 0.25) is 5.15 Å². The highest BCUT2D eigenvalue weighted by Crippen LogP contribution is 2.31. The van der Waals surface area contributed by atoms with Crippen LogP contribution in [0.5, 0.6) is 0 Å². The first-order chi connectivity index (χ1) is 7.93. The zero-order valence-electron chi connectivity index (χ0n) is 10.5. The summed E-state index contributed by atoms with van der Waals surface area (Å²) in [6.45, 7) is 5.83. The van der Waals surface area contributed by atoms with Crippen molar-refractivity contribution in [1.82, 2.24) is 4.57 Å². The quantitative estimate of drug-likeness (QED) is 0.733. The number of aryl methyl sites for hydroxylation is 1. The van der Waals surface area contributed by atoms with E-state index in [2.05, 4.69) is 26.0 Å². The average Bonchev–Trinajstić information content (AvgIpc) is 2.51. The van der Waals surface area contributed by atoms with Crippen LogP contribution in [0.4, 0.5) is 0 Å². The maximum absolute atomic E-state index is 11.7. The molecule has 0 N–H and O–H groups in total. The van der Waals surface area contributed by atoms with Crippen LogP contribution in [0.3, 0.4) is 0 Å². The molecular weight excluding hydrogens is 234 g/mol. The Kier molecular flexibility index (Phi) is 3.00. The minimum Gasteiger partial charge on any atom is -0.334 e. The van der Waals surface area contributed by atoms with Gasteiger partial charge in [0.1, 0.15) is 5.15 Å². The number of carbonyl (C=O) groups excluding carboxylic acids is 1. The van der Waals surface area contributed by atoms with Crippen molar-refractivity contribution in [2.45, 2.75) is 26.7 Å². The highest BCUT2D eigenvalue weighted by molar-refractivity contribution is 6.35. The fraction of sp³-hybridized carbons (Fsp3) is 0.357. The highest BCUT2D eigenvalue weighted by Gasteiger charge is 2.17. The molecule has 1 aromatic heterocycles. The van der Waals surface area contributed by atoms with E-state index in [0.29, 0.717) is 16.6 Å². The predicted molar refractivity (Wildman–Crippen MR) is 72.0 cm³/mol. The van der Waals surface area contributed by atoms with Gasteiger partial charge in [-0.3, -0.25) is 4.79 Å². The molecule has 3 heteroatoms. The lowest BCUT2D eigenvalue weighted by Crippen LogP contribution is -1.93. The van der Waals surface area contributed by atoms with Crippen molar-refractivity contribution in [2.75, 3.05) is 0 Å². The summed E-state index contributed by atoms with van der Waals surface area (Å²) in [6.07, 6.45) is 0. The molecule has 0 fully saturated rings. The average molecular weight is 250 g/mol. The number of hydrogen-bond acceptors (Lipinski definition) is 1. The summed E-state index contributed by atoms with van der Waals surface area (Å²) in [4.78, 5) is 11.7. The van der Waals surface area contributed by atoms with E-state index in [1.54, 1.807) is 6.92 Å². The second-order valence-corrected chi connectivity index (χ2v) is 5.07. The molecule has 0 amide bonds. The van der Waals surface area contributed by atoms with Gasteiger partial charge in [-0.05, 0) is 30.5 Å². The van der Waals surface area contributed by atoms with Gasteiger partial charge in [0.15, 0.2) is 5.78 Å². The molecule has 2 aromatic rings. The van der Waals surface area contributed by atoms with Crippen molar-refractivity contribution in [3.8, 4) is 0 Å². The third-order valence-electron chi connectivity index (χ3n) is 3.17. The second kappa shape index (κ2) is 4.19. The van der Waals surface area contributed by atoms with E-state index in [4.69, 9.17) is 11.6 Å². The number of rotatable bonds is 2. The molecule has 0 saturated carbocycles. The maximum atomic E-state index is 11.7. The van der Waals surface area contributed by atoms with E-state index in [0.717, 1.165) is 10.9 Å². The Morgan fingerprint density at radius 3 is 2.53 bits per heavy atom. The normalized spacial score (nSPS) is 11.4. The van der Waals surface area contributed by atoms with E-state index in [9.17, 15) is 4.79 Å². The molecule has 0 bridgehead atoms. The minimum absolute atomic E-state index is 0.0153. The van der Waals surface area contributed by atoms with Crippen molar-refractivity contribution in [1.29, 1.82) is 0 Å². The zero-order valence-corrected chi connectivity index (χ0v) is 11.3. The molecular formula is C14H16ClNO. The molecule has 0 aliphatic heterocycles. The molecule has 0 aliphatic carbocycles. The molecule has 2 nitrogen and oxygen atoms in total. The zero-order chi connectivity index (χ0) is 12.7. The number of aromatic nitrogens is 1. The number of Topliss-reactive ketones (excluding diaryl/α,β-unsaturated/α-hetero) is 1. The van der Waals surface area contributed by atoms with Crippen molar-refractivity contribution in [2.24, 2.45) is 7.05 Å². The van der Waals surface area contributed by atoms with Crippen LogP contribution >= 0.6 is 11.6 Å². The topological polar surface area (TPSA) is 22.0 Å². The standard InChI is InChI=1S/C14H16ClNO/c1-8(2)10-5-6-12-11(7-10)13(9(3)17)14(15)16(12)4/h5-8H,1-4H3. The first kappa shape index (κ1) is 12.2. The molecule has 2 rings (SSSR count). The SMILES string of the molecule is CC(=O)c1c(Cl)n(C)c2ccc(C(C)C)cc12. The minimum atomic E-state index is 0.0153. The number of carbonyl (C=O) groups is 1. The summed E-state index contributed by atoms with van der Waals surface area (Å²) in [6, 6.07) is 6.19. The molecule has 0 unspecified atom stereocenters. The van der Waals surface area contributed by atoms with Crippen molar-refractivity contribution >= 4 is 28.3 Å². The van der Waals surface area contributed by atoms with E-state index in [1.807, 2.05) is 17.7 Å². The summed E-state index contributed by atoms with van der Waals surface area (Å²) < 4.78 is 1.86. The van der Waals surface area contributed by atoms with E-state index >= 15 is 0 Å². The number of ketones is 1. The van der Waals surface area contributed by atoms with Gasteiger partial charge in [-0.2, -0.15) is 0 Å². The lowest BCUT2D eigenvalue weighted by atomic mass is 10.00. The summed E-state index contributed by atoms with van der Waals surface area (Å²) in [7, 11) is 1.88. The van der Waals surface area contributed by atoms with Gasteiger partial charge < -0.3 is 4.57 Å². The van der Waals surface area contributed by atoms with Crippen LogP contribution in [0.1, 0.15) is 42.6 Å². The lowest BCUT2D eigenvalue weighted by molar-refractivity contribution is 0.101. The van der Waals surface area contributed by atoms with Gasteiger partial charge in [-0.15, -0.1) is 0 Å². The van der Waals surface area contributed by atoms with Crippen LogP contribution in [0, 0.1) is 0 Å². The van der Waals surface area contributed by atoms with Crippen LogP contribution in [0.15, 0.2) is 18.2 Å². The number of benzene rings is 1. The fourth-order valence-electron chi connectivity index (χ4n) is 2.12. The first-order valence-electron chi connectivity index (χ1n) is 5.72. The highest BCUT2D eigenvalue weighted by atomic mass is 35.5. The summed E-state index contributed by atoms with van der Waals surface area (Å²) >= 11 is 6.21. The van der Waals surface area contributed by atoms with Gasteiger partial charge in [0.25, 0.3) is 0 Å². The van der Waals surface area contributed by atoms with Crippen LogP contribution in [0.25, 0.3) is 10.9 Å².